The minimum absolute atomic E-state index is 1.16. The van der Waals surface area contributed by atoms with E-state index in [0.717, 1.165) is 5.56 Å². The smallest absolute Gasteiger partial charge is 0.0640 e. The molecule has 2 heterocycles. The van der Waals surface area contributed by atoms with Crippen LogP contribution in [-0.4, -0.2) is 12.6 Å². The van der Waals surface area contributed by atoms with Crippen molar-refractivity contribution in [1.29, 1.82) is 0 Å². The second-order valence-corrected chi connectivity index (χ2v) is 4.84. The normalized spacial score (nSPS) is 11.1. The van der Waals surface area contributed by atoms with E-state index < -0.39 is 0 Å². The van der Waals surface area contributed by atoms with Gasteiger partial charge in [0.15, 0.2) is 0 Å². The third kappa shape index (κ3) is 1.53. The summed E-state index contributed by atoms with van der Waals surface area (Å²) in [5, 5.41) is 5.45. The first-order valence-corrected chi connectivity index (χ1v) is 5.97. The zero-order valence-electron chi connectivity index (χ0n) is 8.76. The quantitative estimate of drug-likeness (QED) is 0.631. The second-order valence-electron chi connectivity index (χ2n) is 3.80. The Morgan fingerprint density at radius 3 is 2.81 bits per heavy atom. The Morgan fingerprint density at radius 2 is 2.06 bits per heavy atom. The Labute approximate surface area is 107 Å². The van der Waals surface area contributed by atoms with Gasteiger partial charge < -0.3 is 0 Å². The van der Waals surface area contributed by atoms with Crippen LogP contribution in [0.15, 0.2) is 42.9 Å². The third-order valence-corrected chi connectivity index (χ3v) is 3.52. The Hall–Kier alpha value is -1.30. The van der Waals surface area contributed by atoms with Crippen molar-refractivity contribution in [3.8, 4) is 11.1 Å². The number of halogens is 1. The Morgan fingerprint density at radius 1 is 1.19 bits per heavy atom. The number of hydrogen-bond acceptors (Lipinski definition) is 1. The van der Waals surface area contributed by atoms with Gasteiger partial charge in [0, 0.05) is 30.4 Å². The average Bonchev–Trinajstić information content (AvgIpc) is 2.86. The van der Waals surface area contributed by atoms with Crippen molar-refractivity contribution in [3.63, 3.8) is 0 Å². The molecule has 0 unspecified atom stereocenters. The largest absolute Gasteiger partial charge is 0.290 e. The highest BCUT2D eigenvalue weighted by Crippen LogP contribution is 2.25. The molecule has 0 spiro atoms. The van der Waals surface area contributed by atoms with Crippen LogP contribution >= 0.6 is 22.9 Å². The molecule has 4 heteroatoms. The first-order chi connectivity index (χ1) is 7.74. The Bertz CT molecular complexity index is 651. The highest BCUT2D eigenvalue weighted by Gasteiger charge is 2.03. The number of hydrogen-bond donors (Lipinski definition) is 0. The van der Waals surface area contributed by atoms with Crippen molar-refractivity contribution < 1.29 is 0 Å². The molecule has 16 heavy (non-hydrogen) atoms. The lowest BCUT2D eigenvalue weighted by Crippen LogP contribution is -1.84. The lowest BCUT2D eigenvalue weighted by atomic mass is 10.1. The second kappa shape index (κ2) is 3.62. The van der Waals surface area contributed by atoms with E-state index in [2.05, 4.69) is 61.2 Å². The predicted molar refractivity (Wildman–Crippen MR) is 73.6 cm³/mol. The van der Waals surface area contributed by atoms with Crippen LogP contribution in [0, 0.1) is 0 Å². The number of aryl methyl sites for hydroxylation is 1. The van der Waals surface area contributed by atoms with Gasteiger partial charge in [-0.2, -0.15) is 5.10 Å². The molecule has 0 aliphatic carbocycles. The number of fused-ring (bicyclic) bond motifs is 1. The van der Waals surface area contributed by atoms with E-state index in [1.54, 1.807) is 0 Å². The minimum Gasteiger partial charge on any atom is -0.290 e. The molecule has 0 N–H and O–H groups in total. The molecule has 3 rings (SSSR count). The zero-order chi connectivity index (χ0) is 11.1. The molecule has 2 aromatic heterocycles. The first-order valence-electron chi connectivity index (χ1n) is 5.00. The van der Waals surface area contributed by atoms with Gasteiger partial charge in [-0.15, -0.1) is 0 Å². The van der Waals surface area contributed by atoms with Crippen molar-refractivity contribution in [1.82, 2.24) is 12.6 Å². The molecule has 1 aromatic carbocycles. The molecule has 0 aliphatic rings. The predicted octanol–water partition coefficient (Wildman–Crippen LogP) is 3.24. The number of rotatable bonds is 1. The van der Waals surface area contributed by atoms with Gasteiger partial charge in [-0.1, -0.05) is 6.07 Å². The molecule has 0 radical (unpaired) electrons. The van der Waals surface area contributed by atoms with Gasteiger partial charge in [0.1, 0.15) is 0 Å². The molecule has 0 fully saturated rings. The van der Waals surface area contributed by atoms with Crippen molar-refractivity contribution in [2.24, 2.45) is 7.05 Å². The van der Waals surface area contributed by atoms with E-state index in [-0.39, 0.29) is 0 Å². The molecule has 3 aromatic rings. The fraction of sp³-hybridized carbons (Fsp3) is 0.0833. The van der Waals surface area contributed by atoms with Crippen LogP contribution in [0.4, 0.5) is 0 Å². The van der Waals surface area contributed by atoms with E-state index in [1.165, 1.54) is 16.5 Å². The molecule has 0 atom stereocenters. The van der Waals surface area contributed by atoms with Gasteiger partial charge in [0.05, 0.1) is 34.6 Å². The summed E-state index contributed by atoms with van der Waals surface area (Å²) in [4.78, 5) is 0. The van der Waals surface area contributed by atoms with Crippen LogP contribution in [0.2, 0.25) is 0 Å². The monoisotopic (exact) mass is 323 g/mol. The van der Waals surface area contributed by atoms with E-state index >= 15 is 0 Å². The van der Waals surface area contributed by atoms with E-state index in [1.807, 2.05) is 24.1 Å². The fourth-order valence-electron chi connectivity index (χ4n) is 1.86. The van der Waals surface area contributed by atoms with E-state index in [0.29, 0.717) is 0 Å². The van der Waals surface area contributed by atoms with Gasteiger partial charge in [-0.25, -0.2) is 0 Å². The van der Waals surface area contributed by atoms with Crippen LogP contribution in [0.3, 0.4) is 0 Å². The summed E-state index contributed by atoms with van der Waals surface area (Å²) in [7, 11) is 1.93. The van der Waals surface area contributed by atoms with Gasteiger partial charge in [0.25, 0.3) is 0 Å². The van der Waals surface area contributed by atoms with Gasteiger partial charge in [0.2, 0.25) is 0 Å². The number of benzene rings is 1. The molecule has 0 aliphatic heterocycles. The lowest BCUT2D eigenvalue weighted by Gasteiger charge is -1.98. The SMILES string of the molecule is Cn1cc(-c2ccc3c(ccn3I)c2)cn1. The summed E-state index contributed by atoms with van der Waals surface area (Å²) >= 11 is 2.28. The first kappa shape index (κ1) is 9.89. The molecular formula is C12H10IN3. The van der Waals surface area contributed by atoms with Crippen molar-refractivity contribution in [3.05, 3.63) is 42.9 Å². The van der Waals surface area contributed by atoms with Crippen molar-refractivity contribution in [2.45, 2.75) is 0 Å². The standard InChI is InChI=1S/C12H10IN3/c1-15-8-11(7-14-15)9-2-3-12-10(6-9)4-5-16(12)13/h2-8H,1H3. The Kier molecular flexibility index (Phi) is 2.24. The number of aromatic nitrogens is 3. The van der Waals surface area contributed by atoms with E-state index in [9.17, 15) is 0 Å². The summed E-state index contributed by atoms with van der Waals surface area (Å²) in [5.74, 6) is 0. The Balaban J connectivity index is 2.18. The van der Waals surface area contributed by atoms with Gasteiger partial charge in [-0.05, 0) is 23.8 Å². The molecular weight excluding hydrogens is 313 g/mol. The van der Waals surface area contributed by atoms with Crippen LogP contribution < -0.4 is 0 Å². The lowest BCUT2D eigenvalue weighted by molar-refractivity contribution is 0.768. The zero-order valence-corrected chi connectivity index (χ0v) is 10.9. The number of nitrogens with zero attached hydrogens (tertiary/aromatic N) is 3. The maximum atomic E-state index is 4.19. The van der Waals surface area contributed by atoms with Crippen LogP contribution in [0.5, 0.6) is 0 Å². The molecule has 3 nitrogen and oxygen atoms in total. The summed E-state index contributed by atoms with van der Waals surface area (Å²) in [6.07, 6.45) is 5.99. The molecule has 0 bridgehead atoms. The minimum atomic E-state index is 1.16. The fourth-order valence-corrected chi connectivity index (χ4v) is 2.46. The molecule has 80 valence electrons. The van der Waals surface area contributed by atoms with Crippen LogP contribution in [-0.2, 0) is 7.05 Å². The highest BCUT2D eigenvalue weighted by molar-refractivity contribution is 14.1. The summed E-state index contributed by atoms with van der Waals surface area (Å²) in [6.45, 7) is 0. The summed E-state index contributed by atoms with van der Waals surface area (Å²) < 4.78 is 3.92. The topological polar surface area (TPSA) is 22.8 Å². The van der Waals surface area contributed by atoms with Crippen molar-refractivity contribution in [2.75, 3.05) is 0 Å². The summed E-state index contributed by atoms with van der Waals surface area (Å²) in [6, 6.07) is 8.60. The van der Waals surface area contributed by atoms with Gasteiger partial charge in [-0.3, -0.25) is 7.46 Å². The van der Waals surface area contributed by atoms with Crippen LogP contribution in [0.25, 0.3) is 22.0 Å². The molecule has 0 saturated heterocycles. The maximum absolute atomic E-state index is 4.19. The van der Waals surface area contributed by atoms with E-state index in [4.69, 9.17) is 0 Å². The molecule has 0 saturated carbocycles. The highest BCUT2D eigenvalue weighted by atomic mass is 127. The van der Waals surface area contributed by atoms with Crippen molar-refractivity contribution >= 4 is 33.8 Å². The maximum Gasteiger partial charge on any atom is 0.0640 e. The third-order valence-electron chi connectivity index (χ3n) is 2.68. The average molecular weight is 323 g/mol. The summed E-state index contributed by atoms with van der Waals surface area (Å²) in [5.41, 5.74) is 3.61. The van der Waals surface area contributed by atoms with Gasteiger partial charge >= 0.3 is 0 Å². The molecule has 0 amide bonds. The van der Waals surface area contributed by atoms with Crippen LogP contribution in [0.1, 0.15) is 0 Å².